The van der Waals surface area contributed by atoms with Crippen LogP contribution in [0.5, 0.6) is 0 Å². The molecule has 2 aliphatic heterocycles. The molecule has 32 heavy (non-hydrogen) atoms. The van der Waals surface area contributed by atoms with Gasteiger partial charge in [0.15, 0.2) is 5.69 Å². The maximum Gasteiger partial charge on any atom is 0.290 e. The van der Waals surface area contributed by atoms with E-state index in [1.54, 1.807) is 11.1 Å². The molecule has 0 aliphatic carbocycles. The van der Waals surface area contributed by atoms with Crippen LogP contribution in [-0.4, -0.2) is 73.1 Å². The number of nitrogens with zero attached hydrogens (tertiary/aromatic N) is 4. The molecule has 0 radical (unpaired) electrons. The fourth-order valence-electron chi connectivity index (χ4n) is 4.17. The first-order chi connectivity index (χ1) is 15.3. The van der Waals surface area contributed by atoms with E-state index in [2.05, 4.69) is 15.2 Å². The zero-order valence-electron chi connectivity index (χ0n) is 18.3. The van der Waals surface area contributed by atoms with E-state index >= 15 is 0 Å². The fraction of sp³-hybridized carbons (Fsp3) is 0.500. The van der Waals surface area contributed by atoms with E-state index in [1.165, 1.54) is 0 Å². The van der Waals surface area contributed by atoms with E-state index in [1.807, 2.05) is 36.9 Å². The van der Waals surface area contributed by atoms with Crippen molar-refractivity contribution < 1.29 is 24.6 Å². The number of rotatable bonds is 3. The molecule has 4 heterocycles. The summed E-state index contributed by atoms with van der Waals surface area (Å²) in [6.07, 6.45) is 3.18. The molecule has 2 amide bonds. The molecule has 0 bridgehead atoms. The topological polar surface area (TPSA) is 140 Å². The van der Waals surface area contributed by atoms with Gasteiger partial charge in [-0.2, -0.15) is 5.10 Å². The second-order valence-corrected chi connectivity index (χ2v) is 8.34. The minimum Gasteiger partial charge on any atom is -0.483 e. The summed E-state index contributed by atoms with van der Waals surface area (Å²) in [6, 6.07) is 5.51. The van der Waals surface area contributed by atoms with Crippen LogP contribution in [0.4, 0.5) is 0 Å². The SMILES string of the molecule is CC(C)C(=O)N1CCc2c(C(=O)N3CCC(O)(c4ccccn4)CC3)n[nH]c2C1.O=CO. The standard InChI is InChI=1S/C21H27N5O3.CH2O2/c1-14(2)19(27)26-10-6-15-16(13-26)23-24-18(15)20(28)25-11-7-21(29,8-12-25)17-5-3-4-9-22-17;2-1-3/h3-5,9,14,29H,6-8,10-13H2,1-2H3,(H,23,24);1H,(H,2,3). The van der Waals surface area contributed by atoms with E-state index in [-0.39, 0.29) is 24.2 Å². The minimum absolute atomic E-state index is 0.0493. The van der Waals surface area contributed by atoms with Crippen LogP contribution in [0.3, 0.4) is 0 Å². The number of carbonyl (C=O) groups excluding carboxylic acids is 2. The third kappa shape index (κ3) is 4.80. The quantitative estimate of drug-likeness (QED) is 0.605. The average Bonchev–Trinajstić information content (AvgIpc) is 3.23. The van der Waals surface area contributed by atoms with Crippen molar-refractivity contribution in [3.05, 3.63) is 47.0 Å². The van der Waals surface area contributed by atoms with Crippen LogP contribution in [0.1, 0.15) is 54.1 Å². The summed E-state index contributed by atoms with van der Waals surface area (Å²) in [5.74, 6) is -0.0519. The molecule has 1 saturated heterocycles. The molecular formula is C22H29N5O5. The van der Waals surface area contributed by atoms with Crippen molar-refractivity contribution in [3.63, 3.8) is 0 Å². The van der Waals surface area contributed by atoms with E-state index in [0.717, 1.165) is 11.3 Å². The van der Waals surface area contributed by atoms with Gasteiger partial charge in [0.2, 0.25) is 5.91 Å². The highest BCUT2D eigenvalue weighted by molar-refractivity contribution is 5.94. The molecule has 2 aromatic heterocycles. The summed E-state index contributed by atoms with van der Waals surface area (Å²) in [4.78, 5) is 41.5. The molecule has 0 atom stereocenters. The van der Waals surface area contributed by atoms with Crippen LogP contribution < -0.4 is 0 Å². The molecule has 2 aliphatic rings. The first kappa shape index (κ1) is 23.4. The van der Waals surface area contributed by atoms with Crippen LogP contribution in [0.25, 0.3) is 0 Å². The number of amides is 2. The number of carboxylic acid groups (broad SMARTS) is 1. The molecule has 0 spiro atoms. The van der Waals surface area contributed by atoms with Crippen LogP contribution in [0.2, 0.25) is 0 Å². The summed E-state index contributed by atoms with van der Waals surface area (Å²) in [6.45, 7) is 5.50. The third-order valence-corrected chi connectivity index (χ3v) is 5.96. The van der Waals surface area contributed by atoms with Gasteiger partial charge in [0.05, 0.1) is 17.9 Å². The van der Waals surface area contributed by atoms with Gasteiger partial charge in [0.1, 0.15) is 5.60 Å². The predicted octanol–water partition coefficient (Wildman–Crippen LogP) is 1.17. The zero-order valence-corrected chi connectivity index (χ0v) is 18.3. The highest BCUT2D eigenvalue weighted by Gasteiger charge is 2.38. The van der Waals surface area contributed by atoms with Crippen molar-refractivity contribution in [3.8, 4) is 0 Å². The smallest absolute Gasteiger partial charge is 0.290 e. The lowest BCUT2D eigenvalue weighted by Crippen LogP contribution is -2.46. The van der Waals surface area contributed by atoms with Crippen molar-refractivity contribution in [2.45, 2.75) is 45.3 Å². The monoisotopic (exact) mass is 443 g/mol. The molecule has 0 saturated carbocycles. The Kier molecular flexibility index (Phi) is 7.24. The largest absolute Gasteiger partial charge is 0.483 e. The number of aliphatic hydroxyl groups is 1. The summed E-state index contributed by atoms with van der Waals surface area (Å²) >= 11 is 0. The Bertz CT molecular complexity index is 951. The van der Waals surface area contributed by atoms with Crippen molar-refractivity contribution >= 4 is 18.3 Å². The summed E-state index contributed by atoms with van der Waals surface area (Å²) < 4.78 is 0. The zero-order chi connectivity index (χ0) is 23.3. The summed E-state index contributed by atoms with van der Waals surface area (Å²) in [5.41, 5.74) is 1.85. The number of aromatic nitrogens is 3. The Labute approximate surface area is 186 Å². The number of aromatic amines is 1. The van der Waals surface area contributed by atoms with Crippen LogP contribution in [0, 0.1) is 5.92 Å². The molecule has 4 rings (SSSR count). The van der Waals surface area contributed by atoms with E-state index < -0.39 is 5.60 Å². The number of carbonyl (C=O) groups is 3. The summed E-state index contributed by atoms with van der Waals surface area (Å²) in [5, 5.41) is 25.1. The van der Waals surface area contributed by atoms with Gasteiger partial charge in [-0.1, -0.05) is 19.9 Å². The number of hydrogen-bond acceptors (Lipinski definition) is 6. The molecule has 0 unspecified atom stereocenters. The lowest BCUT2D eigenvalue weighted by atomic mass is 9.87. The maximum absolute atomic E-state index is 13.1. The maximum atomic E-state index is 13.1. The van der Waals surface area contributed by atoms with Gasteiger partial charge < -0.3 is 20.0 Å². The van der Waals surface area contributed by atoms with Gasteiger partial charge in [0, 0.05) is 37.3 Å². The normalized spacial score (nSPS) is 17.2. The minimum atomic E-state index is -0.999. The molecular weight excluding hydrogens is 414 g/mol. The summed E-state index contributed by atoms with van der Waals surface area (Å²) in [7, 11) is 0. The van der Waals surface area contributed by atoms with Gasteiger partial charge >= 0.3 is 0 Å². The van der Waals surface area contributed by atoms with Crippen molar-refractivity contribution in [1.29, 1.82) is 0 Å². The lowest BCUT2D eigenvalue weighted by Gasteiger charge is -2.37. The molecule has 2 aromatic rings. The van der Waals surface area contributed by atoms with Gasteiger partial charge in [-0.15, -0.1) is 0 Å². The molecule has 10 heteroatoms. The number of likely N-dealkylation sites (tertiary alicyclic amines) is 1. The Morgan fingerprint density at radius 2 is 1.88 bits per heavy atom. The van der Waals surface area contributed by atoms with Crippen LogP contribution in [-0.2, 0) is 28.2 Å². The van der Waals surface area contributed by atoms with Gasteiger partial charge in [-0.3, -0.25) is 24.5 Å². The average molecular weight is 444 g/mol. The number of hydrogen-bond donors (Lipinski definition) is 3. The van der Waals surface area contributed by atoms with Crippen molar-refractivity contribution in [1.82, 2.24) is 25.0 Å². The fourth-order valence-corrected chi connectivity index (χ4v) is 4.17. The molecule has 1 fully saturated rings. The molecule has 172 valence electrons. The highest BCUT2D eigenvalue weighted by atomic mass is 16.3. The Hall–Kier alpha value is -3.27. The highest BCUT2D eigenvalue weighted by Crippen LogP contribution is 2.32. The lowest BCUT2D eigenvalue weighted by molar-refractivity contribution is -0.135. The second-order valence-electron chi connectivity index (χ2n) is 8.34. The Morgan fingerprint density at radius 1 is 1.19 bits per heavy atom. The number of fused-ring (bicyclic) bond motifs is 1. The molecule has 0 aromatic carbocycles. The predicted molar refractivity (Wildman–Crippen MR) is 115 cm³/mol. The van der Waals surface area contributed by atoms with E-state index in [4.69, 9.17) is 9.90 Å². The van der Waals surface area contributed by atoms with Gasteiger partial charge in [0.25, 0.3) is 12.4 Å². The Morgan fingerprint density at radius 3 is 2.47 bits per heavy atom. The molecule has 10 nitrogen and oxygen atoms in total. The van der Waals surface area contributed by atoms with Gasteiger partial charge in [-0.05, 0) is 31.4 Å². The number of piperidine rings is 1. The van der Waals surface area contributed by atoms with Crippen LogP contribution >= 0.6 is 0 Å². The van der Waals surface area contributed by atoms with Crippen LogP contribution in [0.15, 0.2) is 24.4 Å². The van der Waals surface area contributed by atoms with E-state index in [0.29, 0.717) is 56.8 Å². The second kappa shape index (κ2) is 9.90. The van der Waals surface area contributed by atoms with Gasteiger partial charge in [-0.25, -0.2) is 0 Å². The number of nitrogens with one attached hydrogen (secondary N) is 1. The van der Waals surface area contributed by atoms with Crippen molar-refractivity contribution in [2.24, 2.45) is 5.92 Å². The van der Waals surface area contributed by atoms with Crippen molar-refractivity contribution in [2.75, 3.05) is 19.6 Å². The van der Waals surface area contributed by atoms with E-state index in [9.17, 15) is 14.7 Å². The first-order valence-corrected chi connectivity index (χ1v) is 10.7. The number of H-pyrrole nitrogens is 1. The Balaban J connectivity index is 0.000000913. The first-order valence-electron chi connectivity index (χ1n) is 10.7. The molecule has 3 N–H and O–H groups in total. The number of pyridine rings is 1. The third-order valence-electron chi connectivity index (χ3n) is 5.96.